The molecule has 24 heavy (non-hydrogen) atoms. The van der Waals surface area contributed by atoms with Crippen molar-refractivity contribution in [2.45, 2.75) is 18.1 Å². The minimum atomic E-state index is -3.94. The van der Waals surface area contributed by atoms with Gasteiger partial charge in [-0.05, 0) is 25.1 Å². The fourth-order valence-electron chi connectivity index (χ4n) is 2.09. The largest absolute Gasteiger partial charge is 0.448 e. The van der Waals surface area contributed by atoms with Crippen LogP contribution in [0.4, 0.5) is 5.69 Å². The van der Waals surface area contributed by atoms with Crippen LogP contribution in [0.25, 0.3) is 0 Å². The molecule has 0 spiro atoms. The number of non-ortho nitro benzene ring substituents is 1. The lowest BCUT2D eigenvalue weighted by Gasteiger charge is -2.11. The minimum absolute atomic E-state index is 0.0271. The Bertz CT molecular complexity index is 877. The van der Waals surface area contributed by atoms with E-state index in [2.05, 4.69) is 0 Å². The zero-order valence-corrected chi connectivity index (χ0v) is 13.4. The van der Waals surface area contributed by atoms with Gasteiger partial charge in [-0.15, -0.1) is 0 Å². The van der Waals surface area contributed by atoms with Crippen molar-refractivity contribution in [1.29, 1.82) is 0 Å². The van der Waals surface area contributed by atoms with E-state index in [0.29, 0.717) is 5.75 Å². The zero-order valence-electron chi connectivity index (χ0n) is 12.5. The van der Waals surface area contributed by atoms with Crippen LogP contribution in [0.1, 0.15) is 5.56 Å². The van der Waals surface area contributed by atoms with Crippen molar-refractivity contribution in [1.82, 2.24) is 0 Å². The normalized spacial score (nSPS) is 16.1. The molecule has 0 saturated carbocycles. The van der Waals surface area contributed by atoms with Crippen LogP contribution in [0.15, 0.2) is 47.4 Å². The van der Waals surface area contributed by atoms with Gasteiger partial charge in [0.1, 0.15) is 6.61 Å². The maximum atomic E-state index is 12.1. The van der Waals surface area contributed by atoms with Crippen LogP contribution in [-0.2, 0) is 14.3 Å². The highest BCUT2D eigenvalue weighted by Crippen LogP contribution is 2.37. The molecule has 0 bridgehead atoms. The average Bonchev–Trinajstić information content (AvgIpc) is 2.95. The molecule has 0 N–H and O–H groups in total. The highest BCUT2D eigenvalue weighted by molar-refractivity contribution is 7.86. The number of hydrogen-bond acceptors (Lipinski definition) is 7. The summed E-state index contributed by atoms with van der Waals surface area (Å²) in [6, 6.07) is 10.1. The molecule has 1 aliphatic heterocycles. The third kappa shape index (κ3) is 3.31. The Morgan fingerprint density at radius 1 is 1.12 bits per heavy atom. The maximum Gasteiger partial charge on any atom is 0.297 e. The summed E-state index contributed by atoms with van der Waals surface area (Å²) in [4.78, 5) is 10.2. The van der Waals surface area contributed by atoms with Gasteiger partial charge in [-0.3, -0.25) is 14.3 Å². The molecule has 0 amide bonds. The van der Waals surface area contributed by atoms with E-state index in [4.69, 9.17) is 13.7 Å². The lowest BCUT2D eigenvalue weighted by Crippen LogP contribution is -2.26. The summed E-state index contributed by atoms with van der Waals surface area (Å²) >= 11 is 0. The Morgan fingerprint density at radius 3 is 2.46 bits per heavy atom. The molecule has 0 radical (unpaired) electrons. The molecule has 1 heterocycles. The van der Waals surface area contributed by atoms with Crippen LogP contribution >= 0.6 is 0 Å². The number of rotatable bonds is 5. The number of nitro benzene ring substituents is 1. The predicted octanol–water partition coefficient (Wildman–Crippen LogP) is 2.41. The van der Waals surface area contributed by atoms with Crippen LogP contribution < -0.4 is 9.47 Å². The first-order valence-electron chi connectivity index (χ1n) is 6.93. The predicted molar refractivity (Wildman–Crippen MR) is 82.5 cm³/mol. The quantitative estimate of drug-likeness (QED) is 0.463. The standard InChI is InChI=1S/C15H13NO7S/c1-10-2-5-12(6-3-10)24(19,20)21-9-15-22-13-7-4-11(16(17)18)8-14(13)23-15/h2-8,15H,9H2,1H3/t15-/m1/s1. The van der Waals surface area contributed by atoms with Gasteiger partial charge >= 0.3 is 0 Å². The first-order chi connectivity index (χ1) is 11.3. The molecule has 0 aliphatic carbocycles. The molecule has 0 fully saturated rings. The van der Waals surface area contributed by atoms with Gasteiger partial charge in [0, 0.05) is 6.07 Å². The lowest BCUT2D eigenvalue weighted by atomic mass is 10.2. The van der Waals surface area contributed by atoms with E-state index >= 15 is 0 Å². The van der Waals surface area contributed by atoms with Crippen LogP contribution in [0.3, 0.4) is 0 Å². The van der Waals surface area contributed by atoms with Crippen molar-refractivity contribution in [3.8, 4) is 11.5 Å². The number of nitrogens with zero attached hydrogens (tertiary/aromatic N) is 1. The van der Waals surface area contributed by atoms with Crippen molar-refractivity contribution in [3.05, 3.63) is 58.1 Å². The highest BCUT2D eigenvalue weighted by atomic mass is 32.2. The second-order valence-electron chi connectivity index (χ2n) is 5.11. The number of aryl methyl sites for hydroxylation is 1. The second-order valence-corrected chi connectivity index (χ2v) is 6.72. The molecule has 1 atom stereocenters. The summed E-state index contributed by atoms with van der Waals surface area (Å²) in [6.45, 7) is 1.46. The maximum absolute atomic E-state index is 12.1. The van der Waals surface area contributed by atoms with Crippen molar-refractivity contribution in [3.63, 3.8) is 0 Å². The smallest absolute Gasteiger partial charge is 0.297 e. The Hall–Kier alpha value is -2.65. The number of hydrogen-bond donors (Lipinski definition) is 0. The van der Waals surface area contributed by atoms with E-state index in [0.717, 1.165) is 5.56 Å². The van der Waals surface area contributed by atoms with Crippen molar-refractivity contribution >= 4 is 15.8 Å². The Labute approximate surface area is 137 Å². The van der Waals surface area contributed by atoms with Gasteiger partial charge in [-0.1, -0.05) is 17.7 Å². The fraction of sp³-hybridized carbons (Fsp3) is 0.200. The van der Waals surface area contributed by atoms with E-state index in [1.54, 1.807) is 12.1 Å². The molecular weight excluding hydrogens is 338 g/mol. The van der Waals surface area contributed by atoms with E-state index in [1.165, 1.54) is 30.3 Å². The van der Waals surface area contributed by atoms with Crippen molar-refractivity contribution in [2.24, 2.45) is 0 Å². The number of benzene rings is 2. The highest BCUT2D eigenvalue weighted by Gasteiger charge is 2.28. The lowest BCUT2D eigenvalue weighted by molar-refractivity contribution is -0.384. The zero-order chi connectivity index (χ0) is 17.3. The van der Waals surface area contributed by atoms with Crippen molar-refractivity contribution < 1.29 is 27.0 Å². The SMILES string of the molecule is Cc1ccc(S(=O)(=O)OC[C@@H]2Oc3ccc([N+](=O)[O-])cc3O2)cc1. The summed E-state index contributed by atoms with van der Waals surface area (Å²) in [6.07, 6.45) is -0.998. The van der Waals surface area contributed by atoms with E-state index < -0.39 is 21.3 Å². The van der Waals surface area contributed by atoms with Crippen LogP contribution in [0.2, 0.25) is 0 Å². The molecule has 2 aromatic rings. The number of nitro groups is 1. The van der Waals surface area contributed by atoms with Crippen LogP contribution in [0.5, 0.6) is 11.5 Å². The third-order valence-electron chi connectivity index (χ3n) is 3.32. The van der Waals surface area contributed by atoms with E-state index in [-0.39, 0.29) is 22.9 Å². The summed E-state index contributed by atoms with van der Waals surface area (Å²) in [5, 5.41) is 10.7. The average molecular weight is 351 g/mol. The molecule has 1 aliphatic rings. The summed E-state index contributed by atoms with van der Waals surface area (Å²) < 4.78 is 39.8. The molecule has 3 rings (SSSR count). The van der Waals surface area contributed by atoms with Gasteiger partial charge in [0.05, 0.1) is 15.9 Å². The first-order valence-corrected chi connectivity index (χ1v) is 8.34. The second kappa shape index (κ2) is 6.10. The van der Waals surface area contributed by atoms with Gasteiger partial charge in [0.25, 0.3) is 22.1 Å². The fourth-order valence-corrected chi connectivity index (χ4v) is 2.99. The third-order valence-corrected chi connectivity index (χ3v) is 4.62. The molecule has 0 unspecified atom stereocenters. The summed E-state index contributed by atoms with van der Waals surface area (Å²) in [5.74, 6) is 0.465. The molecule has 8 nitrogen and oxygen atoms in total. The van der Waals surface area contributed by atoms with Gasteiger partial charge in [-0.25, -0.2) is 0 Å². The molecule has 126 valence electrons. The topological polar surface area (TPSA) is 105 Å². The number of ether oxygens (including phenoxy) is 2. The van der Waals surface area contributed by atoms with Gasteiger partial charge < -0.3 is 9.47 Å². The minimum Gasteiger partial charge on any atom is -0.448 e. The summed E-state index contributed by atoms with van der Waals surface area (Å²) in [5.41, 5.74) is 0.777. The molecule has 9 heteroatoms. The van der Waals surface area contributed by atoms with Gasteiger partial charge in [-0.2, -0.15) is 8.42 Å². The van der Waals surface area contributed by atoms with E-state index in [9.17, 15) is 18.5 Å². The van der Waals surface area contributed by atoms with Gasteiger partial charge in [0.15, 0.2) is 11.5 Å². The Balaban J connectivity index is 1.66. The monoisotopic (exact) mass is 351 g/mol. The van der Waals surface area contributed by atoms with Crippen molar-refractivity contribution in [2.75, 3.05) is 6.61 Å². The molecule has 0 aromatic heterocycles. The van der Waals surface area contributed by atoms with Crippen LogP contribution in [0, 0.1) is 17.0 Å². The molecule has 0 saturated heterocycles. The van der Waals surface area contributed by atoms with Crippen LogP contribution in [-0.4, -0.2) is 26.2 Å². The number of fused-ring (bicyclic) bond motifs is 1. The Morgan fingerprint density at radius 2 is 1.79 bits per heavy atom. The Kier molecular flexibility index (Phi) is 4.12. The van der Waals surface area contributed by atoms with Gasteiger partial charge in [0.2, 0.25) is 0 Å². The van der Waals surface area contributed by atoms with E-state index in [1.807, 2.05) is 6.92 Å². The molecule has 2 aromatic carbocycles. The molecular formula is C15H13NO7S. The first kappa shape index (κ1) is 16.2. The summed E-state index contributed by atoms with van der Waals surface area (Å²) in [7, 11) is -3.94.